The van der Waals surface area contributed by atoms with Gasteiger partial charge in [0.1, 0.15) is 0 Å². The van der Waals surface area contributed by atoms with Gasteiger partial charge in [-0.1, -0.05) is 54.1 Å². The first-order chi connectivity index (χ1) is 10.6. The number of aromatic nitrogens is 1. The van der Waals surface area contributed by atoms with Gasteiger partial charge >= 0.3 is 5.97 Å². The van der Waals surface area contributed by atoms with Crippen LogP contribution in [0.3, 0.4) is 0 Å². The first-order valence-corrected chi connectivity index (χ1v) is 7.08. The number of carboxylic acid groups (broad SMARTS) is 1. The summed E-state index contributed by atoms with van der Waals surface area (Å²) >= 11 is 6.10. The number of carboxylic acids is 1. The lowest BCUT2D eigenvalue weighted by atomic mass is 10.1. The van der Waals surface area contributed by atoms with Crippen molar-refractivity contribution in [3.05, 3.63) is 76.4 Å². The molecule has 4 heteroatoms. The van der Waals surface area contributed by atoms with Crippen LogP contribution in [0.2, 0.25) is 5.02 Å². The summed E-state index contributed by atoms with van der Waals surface area (Å²) in [5.41, 5.74) is 2.33. The molecule has 1 aromatic heterocycles. The molecule has 0 spiro atoms. The van der Waals surface area contributed by atoms with Crippen molar-refractivity contribution in [3.8, 4) is 0 Å². The van der Waals surface area contributed by atoms with Crippen molar-refractivity contribution in [1.82, 2.24) is 4.98 Å². The highest BCUT2D eigenvalue weighted by molar-refractivity contribution is 6.32. The number of hydrogen-bond acceptors (Lipinski definition) is 2. The van der Waals surface area contributed by atoms with Crippen LogP contribution in [0, 0.1) is 0 Å². The Kier molecular flexibility index (Phi) is 3.90. The summed E-state index contributed by atoms with van der Waals surface area (Å²) in [5, 5.41) is 10.6. The maximum absolute atomic E-state index is 11.4. The number of aromatic carboxylic acids is 1. The minimum absolute atomic E-state index is 0.240. The van der Waals surface area contributed by atoms with E-state index >= 15 is 0 Å². The minimum atomic E-state index is -0.967. The highest BCUT2D eigenvalue weighted by Gasteiger charge is 2.10. The van der Waals surface area contributed by atoms with Crippen molar-refractivity contribution >= 4 is 40.6 Å². The third-order valence-corrected chi connectivity index (χ3v) is 3.65. The maximum Gasteiger partial charge on any atom is 0.336 e. The van der Waals surface area contributed by atoms with Gasteiger partial charge in [-0.2, -0.15) is 0 Å². The molecule has 0 radical (unpaired) electrons. The van der Waals surface area contributed by atoms with E-state index in [1.807, 2.05) is 30.3 Å². The van der Waals surface area contributed by atoms with Crippen molar-refractivity contribution in [1.29, 1.82) is 0 Å². The molecular weight excluding hydrogens is 298 g/mol. The summed E-state index contributed by atoms with van der Waals surface area (Å²) in [4.78, 5) is 15.9. The van der Waals surface area contributed by atoms with E-state index in [1.54, 1.807) is 36.4 Å². The fourth-order valence-electron chi connectivity index (χ4n) is 2.24. The Labute approximate surface area is 132 Å². The fraction of sp³-hybridized carbons (Fsp3) is 0. The molecule has 3 rings (SSSR count). The molecule has 0 fully saturated rings. The lowest BCUT2D eigenvalue weighted by molar-refractivity contribution is 0.0699. The monoisotopic (exact) mass is 309 g/mol. The molecule has 0 unspecified atom stereocenters. The van der Waals surface area contributed by atoms with Gasteiger partial charge in [-0.3, -0.25) is 0 Å². The van der Waals surface area contributed by atoms with Crippen LogP contribution in [0.4, 0.5) is 0 Å². The van der Waals surface area contributed by atoms with Gasteiger partial charge in [0.15, 0.2) is 0 Å². The second-order valence-corrected chi connectivity index (χ2v) is 5.18. The van der Waals surface area contributed by atoms with Crippen LogP contribution in [-0.4, -0.2) is 16.1 Å². The van der Waals surface area contributed by atoms with E-state index in [0.717, 1.165) is 5.56 Å². The molecule has 2 aromatic carbocycles. The van der Waals surface area contributed by atoms with Crippen molar-refractivity contribution in [2.45, 2.75) is 0 Å². The summed E-state index contributed by atoms with van der Waals surface area (Å²) in [6, 6.07) is 16.2. The predicted molar refractivity (Wildman–Crippen MR) is 89.1 cm³/mol. The van der Waals surface area contributed by atoms with Crippen LogP contribution in [-0.2, 0) is 0 Å². The number of halogens is 1. The quantitative estimate of drug-likeness (QED) is 0.759. The summed E-state index contributed by atoms with van der Waals surface area (Å²) in [6.45, 7) is 0. The van der Waals surface area contributed by atoms with Crippen LogP contribution in [0.25, 0.3) is 23.1 Å². The molecule has 108 valence electrons. The molecule has 22 heavy (non-hydrogen) atoms. The second kappa shape index (κ2) is 6.00. The molecule has 0 atom stereocenters. The molecule has 0 saturated heterocycles. The molecule has 1 heterocycles. The molecule has 0 amide bonds. The SMILES string of the molecule is O=C(O)c1cc(/C=C/c2ccccc2Cl)nc2ccccc12. The average molecular weight is 310 g/mol. The van der Waals surface area contributed by atoms with Crippen LogP contribution in [0.5, 0.6) is 0 Å². The van der Waals surface area contributed by atoms with Crippen LogP contribution < -0.4 is 0 Å². The van der Waals surface area contributed by atoms with Crippen LogP contribution in [0.1, 0.15) is 21.6 Å². The Hall–Kier alpha value is -2.65. The molecule has 0 aliphatic heterocycles. The fourth-order valence-corrected chi connectivity index (χ4v) is 2.44. The standard InChI is InChI=1S/C18H12ClNO2/c19-16-7-3-1-5-12(16)9-10-13-11-15(18(21)22)14-6-2-4-8-17(14)20-13/h1-11H,(H,21,22)/b10-9+. The van der Waals surface area contributed by atoms with E-state index in [-0.39, 0.29) is 5.56 Å². The average Bonchev–Trinajstić information content (AvgIpc) is 2.53. The summed E-state index contributed by atoms with van der Waals surface area (Å²) in [6.07, 6.45) is 3.59. The Bertz CT molecular complexity index is 887. The minimum Gasteiger partial charge on any atom is -0.478 e. The van der Waals surface area contributed by atoms with E-state index in [1.165, 1.54) is 0 Å². The van der Waals surface area contributed by atoms with E-state index in [2.05, 4.69) is 4.98 Å². The highest BCUT2D eigenvalue weighted by Crippen LogP contribution is 2.21. The second-order valence-electron chi connectivity index (χ2n) is 4.77. The van der Waals surface area contributed by atoms with E-state index in [9.17, 15) is 9.90 Å². The van der Waals surface area contributed by atoms with Crippen LogP contribution >= 0.6 is 11.6 Å². The van der Waals surface area contributed by atoms with Gasteiger partial charge in [0.05, 0.1) is 16.8 Å². The lowest BCUT2D eigenvalue weighted by Gasteiger charge is -2.04. The summed E-state index contributed by atoms with van der Waals surface area (Å²) in [5.74, 6) is -0.967. The normalized spacial score (nSPS) is 11.1. The van der Waals surface area contributed by atoms with Crippen molar-refractivity contribution < 1.29 is 9.90 Å². The Balaban J connectivity index is 2.08. The number of carbonyl (C=O) groups is 1. The number of fused-ring (bicyclic) bond motifs is 1. The summed E-state index contributed by atoms with van der Waals surface area (Å²) in [7, 11) is 0. The van der Waals surface area contributed by atoms with Gasteiger partial charge in [-0.25, -0.2) is 9.78 Å². The predicted octanol–water partition coefficient (Wildman–Crippen LogP) is 4.76. The van der Waals surface area contributed by atoms with Crippen molar-refractivity contribution in [2.24, 2.45) is 0 Å². The topological polar surface area (TPSA) is 50.2 Å². The number of benzene rings is 2. The molecule has 0 saturated carbocycles. The molecule has 3 aromatic rings. The van der Waals surface area contributed by atoms with E-state index < -0.39 is 5.97 Å². The van der Waals surface area contributed by atoms with Crippen molar-refractivity contribution in [3.63, 3.8) is 0 Å². The largest absolute Gasteiger partial charge is 0.478 e. The van der Waals surface area contributed by atoms with Crippen molar-refractivity contribution in [2.75, 3.05) is 0 Å². The van der Waals surface area contributed by atoms with Gasteiger partial charge in [0.25, 0.3) is 0 Å². The third-order valence-electron chi connectivity index (χ3n) is 3.31. The van der Waals surface area contributed by atoms with Gasteiger partial charge in [0, 0.05) is 10.4 Å². The zero-order valence-electron chi connectivity index (χ0n) is 11.5. The van der Waals surface area contributed by atoms with Gasteiger partial charge in [0.2, 0.25) is 0 Å². The van der Waals surface area contributed by atoms with E-state index in [4.69, 9.17) is 11.6 Å². The number of hydrogen-bond donors (Lipinski definition) is 1. The van der Waals surface area contributed by atoms with Gasteiger partial charge < -0.3 is 5.11 Å². The Morgan fingerprint density at radius 3 is 2.55 bits per heavy atom. The zero-order chi connectivity index (χ0) is 15.5. The third kappa shape index (κ3) is 2.85. The first-order valence-electron chi connectivity index (χ1n) is 6.71. The van der Waals surface area contributed by atoms with E-state index in [0.29, 0.717) is 21.6 Å². The first kappa shape index (κ1) is 14.3. The van der Waals surface area contributed by atoms with Crippen LogP contribution in [0.15, 0.2) is 54.6 Å². The lowest BCUT2D eigenvalue weighted by Crippen LogP contribution is -2.00. The highest BCUT2D eigenvalue weighted by atomic mass is 35.5. The van der Waals surface area contributed by atoms with Gasteiger partial charge in [-0.05, 0) is 29.8 Å². The van der Waals surface area contributed by atoms with Gasteiger partial charge in [-0.15, -0.1) is 0 Å². The number of pyridine rings is 1. The maximum atomic E-state index is 11.4. The molecule has 3 nitrogen and oxygen atoms in total. The summed E-state index contributed by atoms with van der Waals surface area (Å²) < 4.78 is 0. The smallest absolute Gasteiger partial charge is 0.336 e. The molecule has 1 N–H and O–H groups in total. The molecular formula is C18H12ClNO2. The number of para-hydroxylation sites is 1. The Morgan fingerprint density at radius 1 is 1.05 bits per heavy atom. The molecule has 0 aliphatic carbocycles. The Morgan fingerprint density at radius 2 is 1.77 bits per heavy atom. The molecule has 0 bridgehead atoms. The number of rotatable bonds is 3. The zero-order valence-corrected chi connectivity index (χ0v) is 12.3. The molecule has 0 aliphatic rings. The number of nitrogens with zero attached hydrogens (tertiary/aromatic N) is 1.